The van der Waals surface area contributed by atoms with Gasteiger partial charge in [-0.15, -0.1) is 11.3 Å². The standard InChI is InChI=1S/C14H14N5O7PS2/c15-13-17-10-7(11(21)18-13)16-14(29-6-2-1-3-28-6)19(10)12-8(20)9-5(25-12)4-24-27(22,23)26-9/h1-3,5,8-9,12,20H,4H2,(H,22,23)(H3,15,17,18,21)/t5?,8?,9-,12-/m1/s1. The highest BCUT2D eigenvalue weighted by Gasteiger charge is 2.51. The van der Waals surface area contributed by atoms with Gasteiger partial charge in [-0.2, -0.15) is 4.98 Å². The van der Waals surface area contributed by atoms with Gasteiger partial charge in [0.05, 0.1) is 10.8 Å². The summed E-state index contributed by atoms with van der Waals surface area (Å²) in [6, 6.07) is 3.72. The number of imidazole rings is 1. The molecule has 5 atom stereocenters. The molecule has 0 bridgehead atoms. The van der Waals surface area contributed by atoms with E-state index in [9.17, 15) is 19.4 Å². The molecular weight excluding hydrogens is 445 g/mol. The van der Waals surface area contributed by atoms with Crippen LogP contribution in [0.2, 0.25) is 0 Å². The molecule has 0 aromatic carbocycles. The number of ether oxygens (including phenoxy) is 1. The van der Waals surface area contributed by atoms with Crippen molar-refractivity contribution in [2.45, 2.75) is 33.9 Å². The van der Waals surface area contributed by atoms with E-state index in [0.29, 0.717) is 5.16 Å². The first-order valence-electron chi connectivity index (χ1n) is 8.29. The molecule has 2 saturated heterocycles. The van der Waals surface area contributed by atoms with Gasteiger partial charge in [-0.1, -0.05) is 6.07 Å². The topological polar surface area (TPSA) is 178 Å². The van der Waals surface area contributed by atoms with Gasteiger partial charge in [0.25, 0.3) is 13.4 Å². The van der Waals surface area contributed by atoms with Crippen molar-refractivity contribution < 1.29 is 29.8 Å². The molecule has 154 valence electrons. The van der Waals surface area contributed by atoms with Gasteiger partial charge in [0.1, 0.15) is 18.3 Å². The van der Waals surface area contributed by atoms with Crippen LogP contribution in [-0.2, 0) is 18.3 Å². The third-order valence-electron chi connectivity index (χ3n) is 4.44. The minimum absolute atomic E-state index is 0. The van der Waals surface area contributed by atoms with Crippen molar-refractivity contribution in [2.24, 2.45) is 0 Å². The van der Waals surface area contributed by atoms with Gasteiger partial charge in [-0.25, -0.2) is 4.98 Å². The van der Waals surface area contributed by atoms with Crippen molar-refractivity contribution in [1.29, 1.82) is 0 Å². The summed E-state index contributed by atoms with van der Waals surface area (Å²) in [6.07, 6.45) is -4.49. The zero-order chi connectivity index (χ0) is 20.3. The van der Waals surface area contributed by atoms with Crippen LogP contribution in [0.15, 0.2) is 31.7 Å². The van der Waals surface area contributed by atoms with Crippen molar-refractivity contribution >= 4 is 48.0 Å². The van der Waals surface area contributed by atoms with Crippen molar-refractivity contribution in [1.82, 2.24) is 19.5 Å². The second kappa shape index (κ2) is 6.89. The van der Waals surface area contributed by atoms with Crippen molar-refractivity contribution in [3.8, 4) is 0 Å². The highest BCUT2D eigenvalue weighted by atomic mass is 32.2. The number of rotatable bonds is 3. The number of fused-ring (bicyclic) bond motifs is 2. The van der Waals surface area contributed by atoms with E-state index in [-0.39, 0.29) is 25.1 Å². The first-order valence-corrected chi connectivity index (χ1v) is 11.4. The van der Waals surface area contributed by atoms with Crippen LogP contribution < -0.4 is 16.2 Å². The number of aromatic nitrogens is 4. The molecule has 3 unspecified atom stereocenters. The largest absolute Gasteiger partial charge is 1.00 e. The fraction of sp³-hybridized carbons (Fsp3) is 0.357. The van der Waals surface area contributed by atoms with Gasteiger partial charge in [0.2, 0.25) is 5.95 Å². The van der Waals surface area contributed by atoms with E-state index in [1.807, 2.05) is 17.5 Å². The van der Waals surface area contributed by atoms with Crippen LogP contribution in [0.25, 0.3) is 11.2 Å². The Bertz CT molecular complexity index is 1190. The summed E-state index contributed by atoms with van der Waals surface area (Å²) in [5.41, 5.74) is 5.24. The molecule has 0 radical (unpaired) electrons. The van der Waals surface area contributed by atoms with Crippen LogP contribution in [0.1, 0.15) is 7.65 Å². The summed E-state index contributed by atoms with van der Waals surface area (Å²) < 4.78 is 29.3. The van der Waals surface area contributed by atoms with Crippen molar-refractivity contribution in [3.63, 3.8) is 0 Å². The molecule has 3 aromatic rings. The molecular formula is C14H14N5O7PS2. The molecule has 0 saturated carbocycles. The van der Waals surface area contributed by atoms with Gasteiger partial charge < -0.3 is 29.5 Å². The summed E-state index contributed by atoms with van der Waals surface area (Å²) >= 11 is 2.70. The number of nitrogens with one attached hydrogen (secondary N) is 1. The Hall–Kier alpha value is -1.77. The van der Waals surface area contributed by atoms with E-state index in [2.05, 4.69) is 19.5 Å². The lowest BCUT2D eigenvalue weighted by atomic mass is 10.1. The molecule has 2 fully saturated rings. The number of nitrogen functional groups attached to an aromatic ring is 1. The highest BCUT2D eigenvalue weighted by molar-refractivity contribution is 8.01. The lowest BCUT2D eigenvalue weighted by molar-refractivity contribution is -0.245. The van der Waals surface area contributed by atoms with Crippen LogP contribution in [0, 0.1) is 0 Å². The number of aliphatic hydroxyl groups excluding tert-OH is 1. The predicted octanol–water partition coefficient (Wildman–Crippen LogP) is 0.169. The van der Waals surface area contributed by atoms with E-state index in [4.69, 9.17) is 15.0 Å². The number of anilines is 1. The van der Waals surface area contributed by atoms with E-state index >= 15 is 0 Å². The van der Waals surface area contributed by atoms with Gasteiger partial charge >= 0.3 is 1.43 Å². The summed E-state index contributed by atoms with van der Waals surface area (Å²) in [7, 11) is -4.53. The molecule has 4 N–H and O–H groups in total. The van der Waals surface area contributed by atoms with Crippen LogP contribution in [0.4, 0.5) is 5.95 Å². The Morgan fingerprint density at radius 2 is 2.34 bits per heavy atom. The smallest absolute Gasteiger partial charge is 0.756 e. The third-order valence-corrected chi connectivity index (χ3v) is 7.41. The molecule has 15 heteroatoms. The number of hydrogen-bond acceptors (Lipinski definition) is 12. The molecule has 29 heavy (non-hydrogen) atoms. The second-order valence-corrected chi connectivity index (χ2v) is 9.87. The maximum atomic E-state index is 12.3. The number of phosphoric ester groups is 1. The lowest BCUT2D eigenvalue weighted by Gasteiger charge is -2.34. The first-order chi connectivity index (χ1) is 13.8. The molecule has 3 aromatic heterocycles. The van der Waals surface area contributed by atoms with E-state index in [0.717, 1.165) is 4.21 Å². The quantitative estimate of drug-likeness (QED) is 0.455. The third kappa shape index (κ3) is 3.31. The predicted molar refractivity (Wildman–Crippen MR) is 100 cm³/mol. The number of aliphatic hydroxyl groups is 1. The fourth-order valence-electron chi connectivity index (χ4n) is 3.24. The van der Waals surface area contributed by atoms with E-state index < -0.39 is 37.9 Å². The number of phosphoric acid groups is 1. The minimum Gasteiger partial charge on any atom is -0.756 e. The number of aromatic amines is 1. The average Bonchev–Trinajstić information content (AvgIpc) is 3.34. The molecule has 0 spiro atoms. The summed E-state index contributed by atoms with van der Waals surface area (Å²) in [5.74, 6) is -0.134. The summed E-state index contributed by atoms with van der Waals surface area (Å²) in [6.45, 7) is -0.296. The summed E-state index contributed by atoms with van der Waals surface area (Å²) in [4.78, 5) is 34.8. The van der Waals surface area contributed by atoms with E-state index in [1.54, 1.807) is 0 Å². The van der Waals surface area contributed by atoms with Gasteiger partial charge in [-0.05, 0) is 23.2 Å². The first kappa shape index (κ1) is 19.2. The Morgan fingerprint density at radius 3 is 3.10 bits per heavy atom. The molecule has 12 nitrogen and oxygen atoms in total. The normalized spacial score (nSPS) is 31.9. The molecule has 2 aliphatic rings. The van der Waals surface area contributed by atoms with Gasteiger partial charge in [0.15, 0.2) is 22.5 Å². The maximum absolute atomic E-state index is 12.3. The number of nitrogens with two attached hydrogens (primary N) is 1. The lowest BCUT2D eigenvalue weighted by Crippen LogP contribution is -2.41. The average molecular weight is 459 g/mol. The van der Waals surface area contributed by atoms with Gasteiger partial charge in [0, 0.05) is 0 Å². The highest BCUT2D eigenvalue weighted by Crippen LogP contribution is 2.50. The number of hydrogen-bond donors (Lipinski definition) is 3. The number of H-pyrrole nitrogens is 1. The minimum atomic E-state index is -4.53. The van der Waals surface area contributed by atoms with Gasteiger partial charge in [-0.3, -0.25) is 18.9 Å². The SMILES string of the molecule is Nc1nc2c(nc(Sc3cccs3)n2[C@@H]2OC3COP(=O)([O-])O[C@H]3C2O)c(=O)[nH]1.[H+]. The Balaban J connectivity index is 0.00000218. The number of nitrogens with zero attached hydrogens (tertiary/aromatic N) is 3. The monoisotopic (exact) mass is 459 g/mol. The van der Waals surface area contributed by atoms with Crippen LogP contribution in [0.5, 0.6) is 0 Å². The zero-order valence-corrected chi connectivity index (χ0v) is 16.9. The Morgan fingerprint density at radius 1 is 1.52 bits per heavy atom. The number of thiophene rings is 1. The fourth-order valence-corrected chi connectivity index (χ4v) is 5.97. The molecule has 5 rings (SSSR count). The van der Waals surface area contributed by atoms with E-state index in [1.165, 1.54) is 27.7 Å². The van der Waals surface area contributed by atoms with Crippen molar-refractivity contribution in [2.75, 3.05) is 12.3 Å². The molecule has 0 amide bonds. The molecule has 5 heterocycles. The zero-order valence-electron chi connectivity index (χ0n) is 15.3. The Labute approximate surface area is 171 Å². The second-order valence-electron chi connectivity index (χ2n) is 6.29. The van der Waals surface area contributed by atoms with Crippen LogP contribution in [-0.4, -0.2) is 49.5 Å². The van der Waals surface area contributed by atoms with Crippen LogP contribution >= 0.6 is 30.9 Å². The van der Waals surface area contributed by atoms with Crippen LogP contribution in [0.3, 0.4) is 0 Å². The molecule has 0 aliphatic carbocycles. The summed E-state index contributed by atoms with van der Waals surface area (Å²) in [5, 5.41) is 13.0. The maximum Gasteiger partial charge on any atom is 1.00 e. The Kier molecular flexibility index (Phi) is 4.56. The molecule has 2 aliphatic heterocycles. The van der Waals surface area contributed by atoms with Crippen molar-refractivity contribution in [3.05, 3.63) is 27.9 Å².